The molecule has 8 rings (SSSR count). The number of fused-ring (bicyclic) bond motifs is 7. The van der Waals surface area contributed by atoms with Crippen molar-refractivity contribution in [2.45, 2.75) is 19.3 Å². The molecule has 0 fully saturated rings. The van der Waals surface area contributed by atoms with Crippen molar-refractivity contribution in [1.82, 2.24) is 0 Å². The first-order valence-corrected chi connectivity index (χ1v) is 14.3. The third-order valence-electron chi connectivity index (χ3n) is 9.17. The largest absolute Gasteiger partial charge is 0.497 e. The second-order valence-electron chi connectivity index (χ2n) is 11.6. The summed E-state index contributed by atoms with van der Waals surface area (Å²) in [6.07, 6.45) is 0. The Kier molecular flexibility index (Phi) is 5.15. The zero-order valence-electron chi connectivity index (χ0n) is 23.5. The third-order valence-corrected chi connectivity index (χ3v) is 9.17. The molecule has 0 aromatic heterocycles. The lowest BCUT2D eigenvalue weighted by Crippen LogP contribution is -2.15. The molecule has 7 aromatic rings. The number of ether oxygens (including phenoxy) is 1. The molecule has 0 amide bonds. The Bertz CT molecular complexity index is 2090. The lowest BCUT2D eigenvalue weighted by molar-refractivity contribution is 0.415. The van der Waals surface area contributed by atoms with E-state index in [1.807, 2.05) is 0 Å². The summed E-state index contributed by atoms with van der Waals surface area (Å²) in [6.45, 7) is 4.75. The molecule has 1 nitrogen and oxygen atoms in total. The molecule has 7 aromatic carbocycles. The summed E-state index contributed by atoms with van der Waals surface area (Å²) in [4.78, 5) is 0. The van der Waals surface area contributed by atoms with Gasteiger partial charge in [0.05, 0.1) is 7.11 Å². The summed E-state index contributed by atoms with van der Waals surface area (Å²) in [5, 5.41) is 7.69. The number of methoxy groups -OCH3 is 1. The van der Waals surface area contributed by atoms with Crippen LogP contribution in [-0.4, -0.2) is 7.11 Å². The topological polar surface area (TPSA) is 9.23 Å². The maximum atomic E-state index is 5.47. The number of hydrogen-bond acceptors (Lipinski definition) is 1. The summed E-state index contributed by atoms with van der Waals surface area (Å²) in [5.41, 5.74) is 10.5. The third kappa shape index (κ3) is 3.36. The van der Waals surface area contributed by atoms with Gasteiger partial charge in [0.2, 0.25) is 0 Å². The van der Waals surface area contributed by atoms with E-state index >= 15 is 0 Å². The second-order valence-corrected chi connectivity index (χ2v) is 11.6. The van der Waals surface area contributed by atoms with Crippen molar-refractivity contribution in [3.05, 3.63) is 139 Å². The van der Waals surface area contributed by atoms with Crippen LogP contribution in [0.3, 0.4) is 0 Å². The van der Waals surface area contributed by atoms with Crippen LogP contribution in [0.2, 0.25) is 0 Å². The van der Waals surface area contributed by atoms with Gasteiger partial charge >= 0.3 is 0 Å². The van der Waals surface area contributed by atoms with Gasteiger partial charge in [0.25, 0.3) is 0 Å². The molecule has 0 unspecified atom stereocenters. The molecule has 0 heterocycles. The molecule has 0 saturated carbocycles. The SMILES string of the molecule is COc1ccc(-c2c3ccccc3c(-c3cc4c(c5ccccc35)-c3ccccc3C4(C)C)c3ccccc23)cc1. The quantitative estimate of drug-likeness (QED) is 0.208. The van der Waals surface area contributed by atoms with E-state index in [4.69, 9.17) is 4.74 Å². The lowest BCUT2D eigenvalue weighted by atomic mass is 9.79. The number of rotatable bonds is 3. The Labute approximate surface area is 240 Å². The molecule has 1 aliphatic carbocycles. The van der Waals surface area contributed by atoms with Gasteiger partial charge in [-0.2, -0.15) is 0 Å². The van der Waals surface area contributed by atoms with Crippen LogP contribution in [0.4, 0.5) is 0 Å². The van der Waals surface area contributed by atoms with Gasteiger partial charge in [-0.05, 0) is 95.0 Å². The summed E-state index contributed by atoms with van der Waals surface area (Å²) in [5.74, 6) is 0.868. The number of hydrogen-bond donors (Lipinski definition) is 0. The van der Waals surface area contributed by atoms with Gasteiger partial charge in [0, 0.05) is 5.41 Å². The average molecular weight is 527 g/mol. The van der Waals surface area contributed by atoms with Crippen LogP contribution < -0.4 is 4.74 Å². The molecule has 41 heavy (non-hydrogen) atoms. The molecule has 0 saturated heterocycles. The fourth-order valence-electron chi connectivity index (χ4n) is 7.24. The Morgan fingerprint density at radius 3 is 1.51 bits per heavy atom. The highest BCUT2D eigenvalue weighted by Crippen LogP contribution is 2.54. The molecule has 0 N–H and O–H groups in total. The summed E-state index contributed by atoms with van der Waals surface area (Å²) >= 11 is 0. The minimum atomic E-state index is -0.0840. The van der Waals surface area contributed by atoms with Crippen LogP contribution in [0.25, 0.3) is 65.7 Å². The van der Waals surface area contributed by atoms with Crippen molar-refractivity contribution in [3.8, 4) is 39.1 Å². The van der Waals surface area contributed by atoms with Gasteiger partial charge in [-0.3, -0.25) is 0 Å². The van der Waals surface area contributed by atoms with Gasteiger partial charge < -0.3 is 4.74 Å². The van der Waals surface area contributed by atoms with E-state index in [1.54, 1.807) is 7.11 Å². The standard InChI is InChI=1S/C40H30O/c1-40(2)35-19-11-10-18-33(35)39-28-13-5-4-12-27(28)34(24-36(39)40)38-31-16-8-6-14-29(31)37(30-15-7-9-17-32(30)38)25-20-22-26(41-3)23-21-25/h4-24H,1-3H3. The van der Waals surface area contributed by atoms with Crippen LogP contribution in [0.15, 0.2) is 127 Å². The molecule has 0 aliphatic heterocycles. The zero-order chi connectivity index (χ0) is 27.7. The first-order chi connectivity index (χ1) is 20.1. The van der Waals surface area contributed by atoms with Crippen molar-refractivity contribution in [1.29, 1.82) is 0 Å². The predicted molar refractivity (Wildman–Crippen MR) is 174 cm³/mol. The van der Waals surface area contributed by atoms with E-state index in [0.717, 1.165) is 5.75 Å². The molecular weight excluding hydrogens is 496 g/mol. The Hall–Kier alpha value is -4.88. The zero-order valence-corrected chi connectivity index (χ0v) is 23.5. The van der Waals surface area contributed by atoms with Gasteiger partial charge in [0.1, 0.15) is 5.75 Å². The van der Waals surface area contributed by atoms with Crippen molar-refractivity contribution in [3.63, 3.8) is 0 Å². The average Bonchev–Trinajstić information content (AvgIpc) is 3.26. The smallest absolute Gasteiger partial charge is 0.118 e. The highest BCUT2D eigenvalue weighted by atomic mass is 16.5. The monoisotopic (exact) mass is 526 g/mol. The van der Waals surface area contributed by atoms with E-state index < -0.39 is 0 Å². The van der Waals surface area contributed by atoms with E-state index in [9.17, 15) is 0 Å². The Morgan fingerprint density at radius 1 is 0.439 bits per heavy atom. The lowest BCUT2D eigenvalue weighted by Gasteiger charge is -2.24. The molecule has 0 bridgehead atoms. The normalized spacial score (nSPS) is 13.4. The molecule has 0 spiro atoms. The maximum Gasteiger partial charge on any atom is 0.118 e. The van der Waals surface area contributed by atoms with Gasteiger partial charge in [-0.15, -0.1) is 0 Å². The van der Waals surface area contributed by atoms with Crippen molar-refractivity contribution in [2.24, 2.45) is 0 Å². The molecule has 1 heteroatoms. The van der Waals surface area contributed by atoms with E-state index in [2.05, 4.69) is 141 Å². The van der Waals surface area contributed by atoms with E-state index in [0.29, 0.717) is 0 Å². The minimum absolute atomic E-state index is 0.0840. The van der Waals surface area contributed by atoms with E-state index in [1.165, 1.54) is 76.8 Å². The van der Waals surface area contributed by atoms with Crippen LogP contribution in [0.5, 0.6) is 5.75 Å². The van der Waals surface area contributed by atoms with Gasteiger partial charge in [-0.1, -0.05) is 123 Å². The predicted octanol–water partition coefficient (Wildman–Crippen LogP) is 10.8. The molecule has 0 radical (unpaired) electrons. The second kappa shape index (κ2) is 8.81. The highest BCUT2D eigenvalue weighted by molar-refractivity contribution is 6.24. The fourth-order valence-corrected chi connectivity index (χ4v) is 7.24. The maximum absolute atomic E-state index is 5.47. The van der Waals surface area contributed by atoms with Gasteiger partial charge in [0.15, 0.2) is 0 Å². The van der Waals surface area contributed by atoms with Crippen molar-refractivity contribution < 1.29 is 4.74 Å². The first-order valence-electron chi connectivity index (χ1n) is 14.3. The van der Waals surface area contributed by atoms with E-state index in [-0.39, 0.29) is 5.41 Å². The summed E-state index contributed by atoms with van der Waals surface area (Å²) in [6, 6.07) is 46.7. The van der Waals surface area contributed by atoms with Crippen LogP contribution in [-0.2, 0) is 5.41 Å². The number of benzene rings is 7. The summed E-state index contributed by atoms with van der Waals surface area (Å²) < 4.78 is 5.47. The van der Waals surface area contributed by atoms with Crippen LogP contribution in [0, 0.1) is 0 Å². The Morgan fingerprint density at radius 2 is 0.927 bits per heavy atom. The van der Waals surface area contributed by atoms with Crippen molar-refractivity contribution in [2.75, 3.05) is 7.11 Å². The molecular formula is C40H30O. The van der Waals surface area contributed by atoms with Gasteiger partial charge in [-0.25, -0.2) is 0 Å². The summed E-state index contributed by atoms with van der Waals surface area (Å²) in [7, 11) is 1.72. The van der Waals surface area contributed by atoms with Crippen molar-refractivity contribution >= 4 is 32.3 Å². The Balaban J connectivity index is 1.53. The molecule has 0 atom stereocenters. The highest BCUT2D eigenvalue weighted by Gasteiger charge is 2.37. The molecule has 1 aliphatic rings. The molecule has 196 valence electrons. The fraction of sp³-hybridized carbons (Fsp3) is 0.100. The minimum Gasteiger partial charge on any atom is -0.497 e. The van der Waals surface area contributed by atoms with Crippen LogP contribution in [0.1, 0.15) is 25.0 Å². The first kappa shape index (κ1) is 24.0. The van der Waals surface area contributed by atoms with Crippen LogP contribution >= 0.6 is 0 Å².